The molecule has 6 nitrogen and oxygen atoms in total. The average molecular weight is 288 g/mol. The summed E-state index contributed by atoms with van der Waals surface area (Å²) in [5, 5.41) is 4.06. The molecule has 3 heterocycles. The Morgan fingerprint density at radius 3 is 2.81 bits per heavy atom. The number of carbonyl (C=O) groups excluding carboxylic acids is 2. The number of aryl methyl sites for hydroxylation is 1. The summed E-state index contributed by atoms with van der Waals surface area (Å²) in [5.41, 5.74) is 0.601. The fraction of sp³-hybridized carbons (Fsp3) is 0.667. The second-order valence-electron chi connectivity index (χ2n) is 6.46. The third-order valence-electron chi connectivity index (χ3n) is 5.07. The lowest BCUT2D eigenvalue weighted by molar-refractivity contribution is -0.129. The highest BCUT2D eigenvalue weighted by Crippen LogP contribution is 2.37. The van der Waals surface area contributed by atoms with Gasteiger partial charge in [-0.25, -0.2) is 0 Å². The smallest absolute Gasteiger partial charge is 0.272 e. The molecule has 1 saturated carbocycles. The van der Waals surface area contributed by atoms with Gasteiger partial charge in [-0.2, -0.15) is 5.10 Å². The molecule has 6 heteroatoms. The molecule has 0 N–H and O–H groups in total. The van der Waals surface area contributed by atoms with Gasteiger partial charge in [0.2, 0.25) is 5.91 Å². The third-order valence-corrected chi connectivity index (χ3v) is 5.07. The van der Waals surface area contributed by atoms with Crippen molar-refractivity contribution in [3.63, 3.8) is 0 Å². The van der Waals surface area contributed by atoms with Crippen LogP contribution >= 0.6 is 0 Å². The van der Waals surface area contributed by atoms with Crippen molar-refractivity contribution < 1.29 is 9.59 Å². The lowest BCUT2D eigenvalue weighted by atomic mass is 10.1. The van der Waals surface area contributed by atoms with Gasteiger partial charge in [0.05, 0.1) is 12.1 Å². The second kappa shape index (κ2) is 4.58. The number of likely N-dealkylation sites (tertiary alicyclic amines) is 2. The topological polar surface area (TPSA) is 58.4 Å². The van der Waals surface area contributed by atoms with Crippen molar-refractivity contribution in [2.75, 3.05) is 13.1 Å². The van der Waals surface area contributed by atoms with Gasteiger partial charge in [-0.05, 0) is 31.2 Å². The van der Waals surface area contributed by atoms with Gasteiger partial charge in [-0.3, -0.25) is 14.3 Å². The van der Waals surface area contributed by atoms with E-state index in [9.17, 15) is 9.59 Å². The van der Waals surface area contributed by atoms with E-state index in [2.05, 4.69) is 5.10 Å². The molecule has 112 valence electrons. The van der Waals surface area contributed by atoms with Crippen molar-refractivity contribution in [3.8, 4) is 0 Å². The summed E-state index contributed by atoms with van der Waals surface area (Å²) in [6, 6.07) is 2.03. The minimum Gasteiger partial charge on any atom is -0.337 e. The first-order chi connectivity index (χ1) is 10.1. The third kappa shape index (κ3) is 2.04. The van der Waals surface area contributed by atoms with Crippen LogP contribution < -0.4 is 0 Å². The molecule has 0 bridgehead atoms. The summed E-state index contributed by atoms with van der Waals surface area (Å²) in [4.78, 5) is 28.8. The molecule has 3 aliphatic rings. The van der Waals surface area contributed by atoms with E-state index >= 15 is 0 Å². The number of amides is 2. The van der Waals surface area contributed by atoms with Crippen molar-refractivity contribution in [2.45, 2.75) is 37.8 Å². The van der Waals surface area contributed by atoms with Crippen molar-refractivity contribution in [2.24, 2.45) is 13.0 Å². The van der Waals surface area contributed by atoms with Crippen LogP contribution in [0, 0.1) is 5.92 Å². The van der Waals surface area contributed by atoms with Crippen LogP contribution in [-0.4, -0.2) is 56.6 Å². The average Bonchev–Trinajstić information content (AvgIpc) is 2.90. The molecule has 2 atom stereocenters. The highest BCUT2D eigenvalue weighted by atomic mass is 16.2. The highest BCUT2D eigenvalue weighted by molar-refractivity contribution is 5.94. The number of fused-ring (bicyclic) bond motifs is 1. The molecule has 1 aromatic rings. The maximum atomic E-state index is 12.7. The van der Waals surface area contributed by atoms with Crippen LogP contribution in [0.5, 0.6) is 0 Å². The van der Waals surface area contributed by atoms with Crippen LogP contribution in [0.1, 0.15) is 36.2 Å². The van der Waals surface area contributed by atoms with E-state index in [0.29, 0.717) is 18.0 Å². The Hall–Kier alpha value is -1.85. The van der Waals surface area contributed by atoms with Gasteiger partial charge in [0.25, 0.3) is 5.91 Å². The zero-order chi connectivity index (χ0) is 14.6. The van der Waals surface area contributed by atoms with Crippen LogP contribution in [-0.2, 0) is 11.8 Å². The Labute approximate surface area is 123 Å². The molecule has 0 aromatic carbocycles. The van der Waals surface area contributed by atoms with Crippen LogP contribution in [0.2, 0.25) is 0 Å². The largest absolute Gasteiger partial charge is 0.337 e. The molecule has 0 spiro atoms. The van der Waals surface area contributed by atoms with Crippen molar-refractivity contribution >= 4 is 11.8 Å². The van der Waals surface area contributed by atoms with E-state index in [4.69, 9.17) is 0 Å². The van der Waals surface area contributed by atoms with Gasteiger partial charge in [-0.1, -0.05) is 0 Å². The molecule has 1 aromatic heterocycles. The summed E-state index contributed by atoms with van der Waals surface area (Å²) in [6.45, 7) is 1.64. The molecule has 0 unspecified atom stereocenters. The van der Waals surface area contributed by atoms with E-state index in [-0.39, 0.29) is 23.9 Å². The first-order valence-electron chi connectivity index (χ1n) is 7.73. The van der Waals surface area contributed by atoms with Gasteiger partial charge in [0, 0.05) is 32.8 Å². The van der Waals surface area contributed by atoms with Gasteiger partial charge in [0.1, 0.15) is 5.69 Å². The zero-order valence-electron chi connectivity index (χ0n) is 12.2. The van der Waals surface area contributed by atoms with E-state index in [1.165, 1.54) is 12.8 Å². The summed E-state index contributed by atoms with van der Waals surface area (Å²) in [6.07, 6.45) is 5.53. The van der Waals surface area contributed by atoms with Crippen molar-refractivity contribution in [3.05, 3.63) is 18.0 Å². The Kier molecular flexibility index (Phi) is 2.80. The molecule has 2 aliphatic heterocycles. The minimum atomic E-state index is 0.00331. The number of carbonyl (C=O) groups is 2. The number of aromatic nitrogens is 2. The highest BCUT2D eigenvalue weighted by Gasteiger charge is 2.49. The lowest BCUT2D eigenvalue weighted by Gasteiger charge is -2.25. The first-order valence-corrected chi connectivity index (χ1v) is 7.73. The second-order valence-corrected chi connectivity index (χ2v) is 6.46. The number of hydrogen-bond acceptors (Lipinski definition) is 3. The fourth-order valence-corrected chi connectivity index (χ4v) is 3.73. The fourth-order valence-electron chi connectivity index (χ4n) is 3.73. The molecule has 3 fully saturated rings. The monoisotopic (exact) mass is 288 g/mol. The predicted molar refractivity (Wildman–Crippen MR) is 75.5 cm³/mol. The van der Waals surface area contributed by atoms with Crippen LogP contribution in [0.3, 0.4) is 0 Å². The van der Waals surface area contributed by atoms with E-state index in [0.717, 1.165) is 19.5 Å². The molecular formula is C15H20N4O2. The Morgan fingerprint density at radius 2 is 2.14 bits per heavy atom. The Bertz CT molecular complexity index is 592. The normalized spacial score (nSPS) is 28.3. The molecule has 4 rings (SSSR count). The summed E-state index contributed by atoms with van der Waals surface area (Å²) >= 11 is 0. The molecule has 0 radical (unpaired) electrons. The molecular weight excluding hydrogens is 268 g/mol. The van der Waals surface area contributed by atoms with E-state index < -0.39 is 0 Å². The zero-order valence-corrected chi connectivity index (χ0v) is 12.2. The number of nitrogens with zero attached hydrogens (tertiary/aromatic N) is 4. The SMILES string of the molecule is Cn1nccc1C(=O)N1CC[C@@H]2[C@@H]1CC(=O)N2CC1CC1. The van der Waals surface area contributed by atoms with Crippen molar-refractivity contribution in [1.29, 1.82) is 0 Å². The first kappa shape index (κ1) is 12.9. The van der Waals surface area contributed by atoms with Gasteiger partial charge < -0.3 is 9.80 Å². The quantitative estimate of drug-likeness (QED) is 0.820. The maximum Gasteiger partial charge on any atom is 0.272 e. The van der Waals surface area contributed by atoms with Crippen LogP contribution in [0.4, 0.5) is 0 Å². The Balaban J connectivity index is 1.53. The summed E-state index contributed by atoms with van der Waals surface area (Å²) in [7, 11) is 1.78. The van der Waals surface area contributed by atoms with Gasteiger partial charge >= 0.3 is 0 Å². The molecule has 1 aliphatic carbocycles. The number of hydrogen-bond donors (Lipinski definition) is 0. The number of rotatable bonds is 3. The van der Waals surface area contributed by atoms with Gasteiger partial charge in [-0.15, -0.1) is 0 Å². The molecule has 2 saturated heterocycles. The van der Waals surface area contributed by atoms with E-state index in [1.54, 1.807) is 24.0 Å². The summed E-state index contributed by atoms with van der Waals surface area (Å²) < 4.78 is 1.61. The Morgan fingerprint density at radius 1 is 1.33 bits per heavy atom. The predicted octanol–water partition coefficient (Wildman–Crippen LogP) is 0.645. The van der Waals surface area contributed by atoms with Crippen molar-refractivity contribution in [1.82, 2.24) is 19.6 Å². The van der Waals surface area contributed by atoms with Crippen LogP contribution in [0.15, 0.2) is 12.3 Å². The van der Waals surface area contributed by atoms with Crippen LogP contribution in [0.25, 0.3) is 0 Å². The molecule has 21 heavy (non-hydrogen) atoms. The maximum absolute atomic E-state index is 12.7. The van der Waals surface area contributed by atoms with E-state index in [1.807, 2.05) is 9.80 Å². The summed E-state index contributed by atoms with van der Waals surface area (Å²) in [5.74, 6) is 0.928. The molecule has 2 amide bonds. The minimum absolute atomic E-state index is 0.00331. The standard InChI is InChI=1S/C15H20N4O2/c1-17-12(4-6-16-17)15(21)18-7-5-11-13(18)8-14(20)19(11)9-10-2-3-10/h4,6,10-11,13H,2-3,5,7-9H2,1H3/t11-,13+/m1/s1. The lowest BCUT2D eigenvalue weighted by Crippen LogP contribution is -2.41. The van der Waals surface area contributed by atoms with Gasteiger partial charge in [0.15, 0.2) is 0 Å².